The highest BCUT2D eigenvalue weighted by molar-refractivity contribution is 5.82. The average Bonchev–Trinajstić information content (AvgIpc) is 3.25. The van der Waals surface area contributed by atoms with Crippen LogP contribution in [-0.2, 0) is 9.53 Å². The number of likely N-dealkylation sites (tertiary alicyclic amines) is 1. The van der Waals surface area contributed by atoms with Gasteiger partial charge in [-0.1, -0.05) is 0 Å². The summed E-state index contributed by atoms with van der Waals surface area (Å²) in [7, 11) is 3.64. The molecule has 1 amide bonds. The van der Waals surface area contributed by atoms with Gasteiger partial charge in [-0.25, -0.2) is 0 Å². The minimum atomic E-state index is -0.0102. The lowest BCUT2D eigenvalue weighted by molar-refractivity contribution is -0.135. The van der Waals surface area contributed by atoms with Crippen molar-refractivity contribution in [3.8, 4) is 0 Å². The number of carbonyl (C=O) groups is 1. The maximum atomic E-state index is 12.6. The van der Waals surface area contributed by atoms with Crippen LogP contribution < -0.4 is 5.32 Å². The summed E-state index contributed by atoms with van der Waals surface area (Å²) in [4.78, 5) is 23.8. The molecule has 1 atom stereocenters. The molecule has 7 nitrogen and oxygen atoms in total. The molecule has 3 rings (SSSR count). The number of hydrogen-bond donors (Lipinski definition) is 1. The van der Waals surface area contributed by atoms with Gasteiger partial charge in [0.05, 0.1) is 6.04 Å². The normalized spacial score (nSPS) is 24.2. The van der Waals surface area contributed by atoms with Crippen LogP contribution in [0.4, 0.5) is 0 Å². The minimum absolute atomic E-state index is 0.0102. The van der Waals surface area contributed by atoms with Crippen molar-refractivity contribution in [3.05, 3.63) is 0 Å². The molecule has 3 fully saturated rings. The number of ether oxygens (including phenoxy) is 1. The van der Waals surface area contributed by atoms with E-state index in [9.17, 15) is 4.79 Å². The van der Waals surface area contributed by atoms with E-state index in [4.69, 9.17) is 4.74 Å². The molecular weight excluding hydrogens is 342 g/mol. The fourth-order valence-corrected chi connectivity index (χ4v) is 4.29. The number of piperazine rings is 1. The minimum Gasteiger partial charge on any atom is -0.385 e. The Balaban J connectivity index is 1.44. The van der Waals surface area contributed by atoms with E-state index in [0.29, 0.717) is 11.3 Å². The molecule has 1 unspecified atom stereocenters. The summed E-state index contributed by atoms with van der Waals surface area (Å²) in [6, 6.07) is -0.0102. The Hall–Kier alpha value is -1.34. The van der Waals surface area contributed by atoms with Crippen LogP contribution in [0.3, 0.4) is 0 Å². The third-order valence-corrected chi connectivity index (χ3v) is 6.56. The van der Waals surface area contributed by atoms with Crippen LogP contribution in [0.5, 0.6) is 0 Å². The number of nitrogens with zero attached hydrogens (tertiary/aromatic N) is 4. The molecule has 7 heteroatoms. The Bertz CT molecular complexity index is 520. The number of rotatable bonds is 7. The van der Waals surface area contributed by atoms with Gasteiger partial charge in [0.2, 0.25) is 5.91 Å². The van der Waals surface area contributed by atoms with Gasteiger partial charge in [-0.05, 0) is 44.4 Å². The third kappa shape index (κ3) is 5.13. The average molecular weight is 380 g/mol. The molecule has 0 aromatic heterocycles. The van der Waals surface area contributed by atoms with Crippen LogP contribution in [0.15, 0.2) is 4.99 Å². The molecule has 3 aliphatic rings. The van der Waals surface area contributed by atoms with Crippen LogP contribution in [-0.4, -0.2) is 99.2 Å². The summed E-state index contributed by atoms with van der Waals surface area (Å²) in [6.45, 7) is 9.41. The summed E-state index contributed by atoms with van der Waals surface area (Å²) in [5, 5.41) is 3.59. The number of carbonyl (C=O) groups excluding carboxylic acids is 1. The molecule has 0 radical (unpaired) electrons. The molecule has 2 saturated heterocycles. The second-order valence-corrected chi connectivity index (χ2v) is 8.37. The van der Waals surface area contributed by atoms with Gasteiger partial charge in [-0.3, -0.25) is 14.7 Å². The van der Waals surface area contributed by atoms with Gasteiger partial charge in [-0.15, -0.1) is 0 Å². The fraction of sp³-hybridized carbons (Fsp3) is 0.900. The predicted octanol–water partition coefficient (Wildman–Crippen LogP) is 1.01. The number of methoxy groups -OCH3 is 1. The maximum Gasteiger partial charge on any atom is 0.239 e. The van der Waals surface area contributed by atoms with Crippen molar-refractivity contribution in [2.24, 2.45) is 10.4 Å². The Kier molecular flexibility index (Phi) is 6.98. The number of guanidine groups is 1. The second-order valence-electron chi connectivity index (χ2n) is 8.37. The molecule has 0 aromatic rings. The van der Waals surface area contributed by atoms with E-state index in [1.807, 2.05) is 11.9 Å². The lowest BCUT2D eigenvalue weighted by Crippen LogP contribution is -2.57. The standard InChI is InChI=1S/C20H37N5O2/c1-17(18(26)24-9-4-5-10-24)23-11-13-25(14-12-23)19(21-2)22-16-20(6-7-20)8-15-27-3/h17H,4-16H2,1-3H3,(H,21,22). The SMILES string of the molecule is CN=C(NCC1(CCOC)CC1)N1CCN(C(C)C(=O)N2CCCC2)CC1. The topological polar surface area (TPSA) is 60.4 Å². The zero-order valence-electron chi connectivity index (χ0n) is 17.4. The Morgan fingerprint density at radius 2 is 1.78 bits per heavy atom. The van der Waals surface area contributed by atoms with Gasteiger partial charge < -0.3 is 19.9 Å². The first-order chi connectivity index (χ1) is 13.1. The monoisotopic (exact) mass is 379 g/mol. The first kappa shape index (κ1) is 20.4. The van der Waals surface area contributed by atoms with Crippen LogP contribution >= 0.6 is 0 Å². The van der Waals surface area contributed by atoms with E-state index in [-0.39, 0.29) is 6.04 Å². The molecule has 0 bridgehead atoms. The quantitative estimate of drug-likeness (QED) is 0.528. The van der Waals surface area contributed by atoms with Crippen molar-refractivity contribution in [1.82, 2.24) is 20.0 Å². The summed E-state index contributed by atoms with van der Waals surface area (Å²) < 4.78 is 5.25. The van der Waals surface area contributed by atoms with Gasteiger partial charge >= 0.3 is 0 Å². The molecule has 0 aromatic carbocycles. The van der Waals surface area contributed by atoms with Crippen LogP contribution in [0.2, 0.25) is 0 Å². The van der Waals surface area contributed by atoms with E-state index in [0.717, 1.165) is 77.6 Å². The van der Waals surface area contributed by atoms with Crippen molar-refractivity contribution in [3.63, 3.8) is 0 Å². The molecule has 1 N–H and O–H groups in total. The predicted molar refractivity (Wildman–Crippen MR) is 108 cm³/mol. The number of hydrogen-bond acceptors (Lipinski definition) is 4. The Morgan fingerprint density at radius 1 is 1.11 bits per heavy atom. The smallest absolute Gasteiger partial charge is 0.239 e. The molecule has 154 valence electrons. The van der Waals surface area contributed by atoms with Gasteiger partial charge in [0, 0.05) is 66.6 Å². The zero-order valence-corrected chi connectivity index (χ0v) is 17.4. The van der Waals surface area contributed by atoms with Crippen molar-refractivity contribution < 1.29 is 9.53 Å². The lowest BCUT2D eigenvalue weighted by atomic mass is 10.0. The van der Waals surface area contributed by atoms with Crippen molar-refractivity contribution >= 4 is 11.9 Å². The third-order valence-electron chi connectivity index (χ3n) is 6.56. The van der Waals surface area contributed by atoms with Gasteiger partial charge in [0.15, 0.2) is 5.96 Å². The number of amides is 1. The highest BCUT2D eigenvalue weighted by atomic mass is 16.5. The molecule has 2 aliphatic heterocycles. The lowest BCUT2D eigenvalue weighted by Gasteiger charge is -2.39. The first-order valence-corrected chi connectivity index (χ1v) is 10.6. The zero-order chi connectivity index (χ0) is 19.3. The highest BCUT2D eigenvalue weighted by Crippen LogP contribution is 2.48. The molecular formula is C20H37N5O2. The van der Waals surface area contributed by atoms with Crippen molar-refractivity contribution in [2.45, 2.75) is 45.1 Å². The van der Waals surface area contributed by atoms with E-state index < -0.39 is 0 Å². The second kappa shape index (κ2) is 9.24. The van der Waals surface area contributed by atoms with E-state index in [1.165, 1.54) is 12.8 Å². The summed E-state index contributed by atoms with van der Waals surface area (Å²) >= 11 is 0. The fourth-order valence-electron chi connectivity index (χ4n) is 4.29. The maximum absolute atomic E-state index is 12.6. The molecule has 27 heavy (non-hydrogen) atoms. The largest absolute Gasteiger partial charge is 0.385 e. The Labute approximate surface area is 164 Å². The molecule has 1 aliphatic carbocycles. The van der Waals surface area contributed by atoms with Gasteiger partial charge in [0.25, 0.3) is 0 Å². The number of aliphatic imine (C=N–C) groups is 1. The summed E-state index contributed by atoms with van der Waals surface area (Å²) in [5.41, 5.74) is 0.407. The molecule has 1 saturated carbocycles. The first-order valence-electron chi connectivity index (χ1n) is 10.6. The number of nitrogens with one attached hydrogen (secondary N) is 1. The van der Waals surface area contributed by atoms with E-state index in [2.05, 4.69) is 27.0 Å². The highest BCUT2D eigenvalue weighted by Gasteiger charge is 2.42. The van der Waals surface area contributed by atoms with Gasteiger partial charge in [0.1, 0.15) is 0 Å². The van der Waals surface area contributed by atoms with Crippen LogP contribution in [0, 0.1) is 5.41 Å². The van der Waals surface area contributed by atoms with Crippen molar-refractivity contribution in [2.75, 3.05) is 66.6 Å². The molecule has 0 spiro atoms. The summed E-state index contributed by atoms with van der Waals surface area (Å²) in [6.07, 6.45) is 5.99. The molecule has 2 heterocycles. The van der Waals surface area contributed by atoms with Crippen LogP contribution in [0.25, 0.3) is 0 Å². The Morgan fingerprint density at radius 3 is 2.33 bits per heavy atom. The van der Waals surface area contributed by atoms with Crippen molar-refractivity contribution in [1.29, 1.82) is 0 Å². The van der Waals surface area contributed by atoms with Crippen LogP contribution in [0.1, 0.15) is 39.0 Å². The van der Waals surface area contributed by atoms with Gasteiger partial charge in [-0.2, -0.15) is 0 Å². The summed E-state index contributed by atoms with van der Waals surface area (Å²) in [5.74, 6) is 1.30. The van der Waals surface area contributed by atoms with E-state index >= 15 is 0 Å². The van der Waals surface area contributed by atoms with E-state index in [1.54, 1.807) is 7.11 Å².